The van der Waals surface area contributed by atoms with E-state index in [0.717, 1.165) is 9.35 Å². The van der Waals surface area contributed by atoms with Crippen molar-refractivity contribution in [1.29, 1.82) is 5.26 Å². The smallest absolute Gasteiger partial charge is 0.244 e. The van der Waals surface area contributed by atoms with E-state index in [4.69, 9.17) is 5.26 Å². The Balaban J connectivity index is 2.32. The fourth-order valence-electron chi connectivity index (χ4n) is 1.62. The van der Waals surface area contributed by atoms with E-state index in [2.05, 4.69) is 20.9 Å². The van der Waals surface area contributed by atoms with Crippen molar-refractivity contribution in [3.63, 3.8) is 0 Å². The molecule has 104 valence electrons. The van der Waals surface area contributed by atoms with Crippen molar-refractivity contribution >= 4 is 37.3 Å². The van der Waals surface area contributed by atoms with Gasteiger partial charge in [-0.3, -0.25) is 0 Å². The van der Waals surface area contributed by atoms with Gasteiger partial charge in [0.25, 0.3) is 0 Å². The molecular weight excluding hydrogens is 362 g/mol. The maximum atomic E-state index is 12.4. The normalized spacial score (nSPS) is 11.5. The summed E-state index contributed by atoms with van der Waals surface area (Å²) in [4.78, 5) is 3.71. The predicted molar refractivity (Wildman–Crippen MR) is 79.6 cm³/mol. The van der Waals surface area contributed by atoms with Crippen LogP contribution in [0.4, 0.5) is 0 Å². The molecule has 2 heterocycles. The monoisotopic (exact) mass is 371 g/mol. The van der Waals surface area contributed by atoms with E-state index >= 15 is 0 Å². The van der Waals surface area contributed by atoms with Crippen molar-refractivity contribution in [1.82, 2.24) is 9.29 Å². The highest BCUT2D eigenvalue weighted by Gasteiger charge is 2.24. The fourth-order valence-corrected chi connectivity index (χ4v) is 4.07. The fraction of sp³-hybridized carbons (Fsp3) is 0.167. The first kappa shape index (κ1) is 15.1. The van der Waals surface area contributed by atoms with Crippen LogP contribution in [0.25, 0.3) is 0 Å². The zero-order chi connectivity index (χ0) is 14.8. The summed E-state index contributed by atoms with van der Waals surface area (Å²) >= 11 is 4.83. The van der Waals surface area contributed by atoms with Crippen LogP contribution in [-0.2, 0) is 16.6 Å². The molecule has 2 aromatic heterocycles. The molecule has 0 saturated carbocycles. The Hall–Kier alpha value is -1.27. The first-order valence-corrected chi connectivity index (χ1v) is 8.61. The molecule has 0 unspecified atom stereocenters. The molecule has 0 spiro atoms. The van der Waals surface area contributed by atoms with Gasteiger partial charge in [0.05, 0.1) is 3.79 Å². The van der Waals surface area contributed by atoms with Gasteiger partial charge in [-0.25, -0.2) is 13.4 Å². The molecule has 0 aliphatic rings. The SMILES string of the molecule is CN(Cc1csc(Br)c1)S(=O)(=O)c1cccnc1C#N. The van der Waals surface area contributed by atoms with E-state index < -0.39 is 10.0 Å². The Labute approximate surface area is 129 Å². The minimum atomic E-state index is -3.73. The number of halogens is 1. The van der Waals surface area contributed by atoms with Crippen LogP contribution in [0.2, 0.25) is 0 Å². The standard InChI is InChI=1S/C12H10BrN3O2S2/c1-16(7-9-5-12(13)19-8-9)20(17,18)11-3-2-4-15-10(11)6-14/h2-5,8H,7H2,1H3. The van der Waals surface area contributed by atoms with Crippen molar-refractivity contribution in [3.8, 4) is 6.07 Å². The zero-order valence-electron chi connectivity index (χ0n) is 10.4. The average Bonchev–Trinajstić information content (AvgIpc) is 2.84. The summed E-state index contributed by atoms with van der Waals surface area (Å²) in [5.41, 5.74) is 0.793. The van der Waals surface area contributed by atoms with Crippen LogP contribution >= 0.6 is 27.3 Å². The minimum Gasteiger partial charge on any atom is -0.244 e. The maximum Gasteiger partial charge on any atom is 0.246 e. The van der Waals surface area contributed by atoms with E-state index in [9.17, 15) is 8.42 Å². The lowest BCUT2D eigenvalue weighted by Crippen LogP contribution is -2.27. The summed E-state index contributed by atoms with van der Waals surface area (Å²) in [5.74, 6) is 0. The number of aromatic nitrogens is 1. The molecule has 0 aliphatic heterocycles. The molecule has 20 heavy (non-hydrogen) atoms. The number of nitriles is 1. The van der Waals surface area contributed by atoms with Crippen molar-refractivity contribution in [3.05, 3.63) is 44.8 Å². The first-order valence-electron chi connectivity index (χ1n) is 5.49. The number of hydrogen-bond donors (Lipinski definition) is 0. The molecule has 2 rings (SSSR count). The van der Waals surface area contributed by atoms with Gasteiger partial charge in [0.2, 0.25) is 10.0 Å². The molecular formula is C12H10BrN3O2S2. The Morgan fingerprint density at radius 3 is 2.90 bits per heavy atom. The van der Waals surface area contributed by atoms with Crippen molar-refractivity contribution in [2.75, 3.05) is 7.05 Å². The second-order valence-corrected chi connectivity index (χ2v) is 8.29. The third-order valence-corrected chi connectivity index (χ3v) is 5.98. The highest BCUT2D eigenvalue weighted by molar-refractivity contribution is 9.11. The molecule has 0 bridgehead atoms. The van der Waals surface area contributed by atoms with Crippen LogP contribution in [0.3, 0.4) is 0 Å². The molecule has 0 aliphatic carbocycles. The Bertz CT molecular complexity index is 765. The molecule has 0 fully saturated rings. The lowest BCUT2D eigenvalue weighted by atomic mass is 10.3. The van der Waals surface area contributed by atoms with Crippen molar-refractivity contribution in [2.45, 2.75) is 11.4 Å². The van der Waals surface area contributed by atoms with Crippen LogP contribution < -0.4 is 0 Å². The molecule has 0 atom stereocenters. The number of thiophene rings is 1. The molecule has 0 amide bonds. The predicted octanol–water partition coefficient (Wildman–Crippen LogP) is 2.60. The van der Waals surface area contributed by atoms with Crippen LogP contribution in [0.1, 0.15) is 11.3 Å². The zero-order valence-corrected chi connectivity index (χ0v) is 13.7. The lowest BCUT2D eigenvalue weighted by Gasteiger charge is -2.16. The molecule has 0 aromatic carbocycles. The lowest BCUT2D eigenvalue weighted by molar-refractivity contribution is 0.466. The van der Waals surface area contributed by atoms with Gasteiger partial charge in [-0.2, -0.15) is 9.57 Å². The maximum absolute atomic E-state index is 12.4. The first-order chi connectivity index (χ1) is 9.45. The summed E-state index contributed by atoms with van der Waals surface area (Å²) < 4.78 is 27.0. The molecule has 0 N–H and O–H groups in total. The quantitative estimate of drug-likeness (QED) is 0.827. The largest absolute Gasteiger partial charge is 0.246 e. The number of sulfonamides is 1. The van der Waals surface area contributed by atoms with Gasteiger partial charge in [-0.05, 0) is 45.1 Å². The van der Waals surface area contributed by atoms with Gasteiger partial charge < -0.3 is 0 Å². The highest BCUT2D eigenvalue weighted by atomic mass is 79.9. The topological polar surface area (TPSA) is 74.1 Å². The molecule has 0 saturated heterocycles. The van der Waals surface area contributed by atoms with Gasteiger partial charge in [-0.15, -0.1) is 11.3 Å². The van der Waals surface area contributed by atoms with Crippen LogP contribution in [0.15, 0.2) is 38.5 Å². The summed E-state index contributed by atoms with van der Waals surface area (Å²) in [5, 5.41) is 10.8. The van der Waals surface area contributed by atoms with Gasteiger partial charge in [0, 0.05) is 19.8 Å². The van der Waals surface area contributed by atoms with Gasteiger partial charge in [0.15, 0.2) is 5.69 Å². The molecule has 0 radical (unpaired) electrons. The van der Waals surface area contributed by atoms with Gasteiger partial charge >= 0.3 is 0 Å². The van der Waals surface area contributed by atoms with E-state index in [1.807, 2.05) is 11.4 Å². The third-order valence-electron chi connectivity index (χ3n) is 2.59. The van der Waals surface area contributed by atoms with E-state index in [-0.39, 0.29) is 17.1 Å². The molecule has 5 nitrogen and oxygen atoms in total. The van der Waals surface area contributed by atoms with E-state index in [1.54, 1.807) is 6.07 Å². The van der Waals surface area contributed by atoms with Crippen LogP contribution in [0, 0.1) is 11.3 Å². The van der Waals surface area contributed by atoms with Crippen molar-refractivity contribution < 1.29 is 8.42 Å². The van der Waals surface area contributed by atoms with E-state index in [1.165, 1.54) is 41.0 Å². The Morgan fingerprint density at radius 2 is 2.30 bits per heavy atom. The Morgan fingerprint density at radius 1 is 1.55 bits per heavy atom. The van der Waals surface area contributed by atoms with Gasteiger partial charge in [-0.1, -0.05) is 0 Å². The summed E-state index contributed by atoms with van der Waals surface area (Å²) in [6.07, 6.45) is 1.40. The summed E-state index contributed by atoms with van der Waals surface area (Å²) in [6, 6.07) is 6.56. The number of hydrogen-bond acceptors (Lipinski definition) is 5. The van der Waals surface area contributed by atoms with E-state index in [0.29, 0.717) is 0 Å². The highest BCUT2D eigenvalue weighted by Crippen LogP contribution is 2.24. The number of pyridine rings is 1. The minimum absolute atomic E-state index is 0.0701. The summed E-state index contributed by atoms with van der Waals surface area (Å²) in [7, 11) is -2.25. The van der Waals surface area contributed by atoms with Crippen LogP contribution in [0.5, 0.6) is 0 Å². The van der Waals surface area contributed by atoms with Crippen LogP contribution in [-0.4, -0.2) is 24.8 Å². The summed E-state index contributed by atoms with van der Waals surface area (Å²) in [6.45, 7) is 0.240. The van der Waals surface area contributed by atoms with Gasteiger partial charge in [0.1, 0.15) is 11.0 Å². The second kappa shape index (κ2) is 6.01. The average molecular weight is 372 g/mol. The second-order valence-electron chi connectivity index (χ2n) is 3.98. The third kappa shape index (κ3) is 3.07. The number of rotatable bonds is 4. The molecule has 2 aromatic rings. The number of nitrogens with zero attached hydrogens (tertiary/aromatic N) is 3. The van der Waals surface area contributed by atoms with Crippen molar-refractivity contribution in [2.24, 2.45) is 0 Å². The molecule has 8 heteroatoms. The Kier molecular flexibility index (Phi) is 4.55.